The summed E-state index contributed by atoms with van der Waals surface area (Å²) in [6, 6.07) is 5.90. The molecule has 0 aliphatic carbocycles. The number of nitrogens with zero attached hydrogens (tertiary/aromatic N) is 1. The van der Waals surface area contributed by atoms with E-state index in [1.807, 2.05) is 6.07 Å². The van der Waals surface area contributed by atoms with E-state index in [-0.39, 0.29) is 11.9 Å². The Balaban J connectivity index is 1.93. The fourth-order valence-electron chi connectivity index (χ4n) is 2.92. The third-order valence-electron chi connectivity index (χ3n) is 4.24. The number of likely N-dealkylation sites (tertiary alicyclic amines) is 1. The summed E-state index contributed by atoms with van der Waals surface area (Å²) in [6.45, 7) is 7.63. The number of halogens is 1. The van der Waals surface area contributed by atoms with Crippen molar-refractivity contribution in [3.63, 3.8) is 0 Å². The van der Waals surface area contributed by atoms with Crippen LogP contribution in [0.1, 0.15) is 38.3 Å². The number of hydrogen-bond donors (Lipinski definition) is 1. The quantitative estimate of drug-likeness (QED) is 0.867. The number of nitrogens with one attached hydrogen (secondary N) is 1. The molecule has 1 aliphatic rings. The molecule has 2 atom stereocenters. The van der Waals surface area contributed by atoms with Crippen LogP contribution >= 0.6 is 0 Å². The molecule has 3 nitrogen and oxygen atoms in total. The lowest BCUT2D eigenvalue weighted by Gasteiger charge is -2.25. The summed E-state index contributed by atoms with van der Waals surface area (Å²) in [5.41, 5.74) is 1.06. The summed E-state index contributed by atoms with van der Waals surface area (Å²) in [5, 5.41) is 3.56. The topological polar surface area (TPSA) is 24.5 Å². The van der Waals surface area contributed by atoms with Crippen molar-refractivity contribution in [3.8, 4) is 5.75 Å². The van der Waals surface area contributed by atoms with E-state index in [1.165, 1.54) is 32.6 Å². The van der Waals surface area contributed by atoms with Crippen LogP contribution in [0.25, 0.3) is 0 Å². The molecule has 0 spiro atoms. The molecule has 0 amide bonds. The van der Waals surface area contributed by atoms with Gasteiger partial charge in [0.15, 0.2) is 11.6 Å². The molecule has 2 unspecified atom stereocenters. The van der Waals surface area contributed by atoms with Crippen molar-refractivity contribution in [2.75, 3.05) is 26.7 Å². The van der Waals surface area contributed by atoms with Crippen molar-refractivity contribution in [2.24, 2.45) is 0 Å². The van der Waals surface area contributed by atoms with Crippen molar-refractivity contribution >= 4 is 0 Å². The Kier molecular flexibility index (Phi) is 5.38. The maximum Gasteiger partial charge on any atom is 0.165 e. The average Bonchev–Trinajstić information content (AvgIpc) is 2.92. The minimum atomic E-state index is -0.309. The molecule has 1 aromatic carbocycles. The molecule has 0 bridgehead atoms. The van der Waals surface area contributed by atoms with Gasteiger partial charge in [0.25, 0.3) is 0 Å². The van der Waals surface area contributed by atoms with E-state index in [2.05, 4.69) is 24.1 Å². The SMILES string of the molecule is CCN1CCCC1CNC(C)c1ccc(F)c(OC)c1. The van der Waals surface area contributed by atoms with Crippen molar-refractivity contribution in [2.45, 2.75) is 38.8 Å². The first-order chi connectivity index (χ1) is 9.65. The Hall–Kier alpha value is -1.13. The summed E-state index contributed by atoms with van der Waals surface area (Å²) < 4.78 is 18.4. The molecule has 1 saturated heterocycles. The van der Waals surface area contributed by atoms with E-state index in [0.29, 0.717) is 11.8 Å². The van der Waals surface area contributed by atoms with E-state index >= 15 is 0 Å². The Labute approximate surface area is 121 Å². The largest absolute Gasteiger partial charge is 0.494 e. The van der Waals surface area contributed by atoms with Crippen LogP contribution in [-0.2, 0) is 0 Å². The number of rotatable bonds is 6. The van der Waals surface area contributed by atoms with Crippen LogP contribution < -0.4 is 10.1 Å². The summed E-state index contributed by atoms with van der Waals surface area (Å²) >= 11 is 0. The smallest absolute Gasteiger partial charge is 0.165 e. The van der Waals surface area contributed by atoms with Crippen LogP contribution in [0.15, 0.2) is 18.2 Å². The maximum absolute atomic E-state index is 13.4. The molecule has 0 saturated carbocycles. The van der Waals surface area contributed by atoms with Gasteiger partial charge in [-0.15, -0.1) is 0 Å². The first-order valence-electron chi connectivity index (χ1n) is 7.46. The van der Waals surface area contributed by atoms with Gasteiger partial charge in [0, 0.05) is 18.6 Å². The van der Waals surface area contributed by atoms with E-state index in [9.17, 15) is 4.39 Å². The van der Waals surface area contributed by atoms with Crippen LogP contribution in [0, 0.1) is 5.82 Å². The van der Waals surface area contributed by atoms with E-state index < -0.39 is 0 Å². The van der Waals surface area contributed by atoms with Gasteiger partial charge in [-0.25, -0.2) is 4.39 Å². The van der Waals surface area contributed by atoms with Gasteiger partial charge in [0.2, 0.25) is 0 Å². The molecule has 1 heterocycles. The molecule has 4 heteroatoms. The van der Waals surface area contributed by atoms with E-state index in [0.717, 1.165) is 18.7 Å². The first-order valence-corrected chi connectivity index (χ1v) is 7.46. The van der Waals surface area contributed by atoms with Crippen LogP contribution in [-0.4, -0.2) is 37.7 Å². The second-order valence-corrected chi connectivity index (χ2v) is 5.45. The number of methoxy groups -OCH3 is 1. The number of likely N-dealkylation sites (N-methyl/N-ethyl adjacent to an activating group) is 1. The lowest BCUT2D eigenvalue weighted by atomic mass is 10.1. The summed E-state index contributed by atoms with van der Waals surface area (Å²) in [5.74, 6) is 0.00334. The zero-order valence-corrected chi connectivity index (χ0v) is 12.7. The summed E-state index contributed by atoms with van der Waals surface area (Å²) in [4.78, 5) is 2.52. The van der Waals surface area contributed by atoms with E-state index in [4.69, 9.17) is 4.74 Å². The Morgan fingerprint density at radius 2 is 2.30 bits per heavy atom. The number of ether oxygens (including phenoxy) is 1. The molecule has 112 valence electrons. The van der Waals surface area contributed by atoms with Gasteiger partial charge in [-0.1, -0.05) is 13.0 Å². The minimum Gasteiger partial charge on any atom is -0.494 e. The van der Waals surface area contributed by atoms with Crippen LogP contribution in [0.4, 0.5) is 4.39 Å². The first kappa shape index (κ1) is 15.3. The highest BCUT2D eigenvalue weighted by atomic mass is 19.1. The zero-order valence-electron chi connectivity index (χ0n) is 12.7. The summed E-state index contributed by atoms with van der Waals surface area (Å²) in [6.07, 6.45) is 2.55. The number of benzene rings is 1. The van der Waals surface area contributed by atoms with Crippen LogP contribution in [0.3, 0.4) is 0 Å². The highest BCUT2D eigenvalue weighted by molar-refractivity contribution is 5.31. The molecular weight excluding hydrogens is 255 g/mol. The van der Waals surface area contributed by atoms with Crippen molar-refractivity contribution < 1.29 is 9.13 Å². The normalized spacial score (nSPS) is 21.1. The highest BCUT2D eigenvalue weighted by Gasteiger charge is 2.23. The molecule has 1 aromatic rings. The molecule has 1 fully saturated rings. The molecule has 2 rings (SSSR count). The van der Waals surface area contributed by atoms with Gasteiger partial charge >= 0.3 is 0 Å². The zero-order chi connectivity index (χ0) is 14.5. The van der Waals surface area contributed by atoms with Crippen molar-refractivity contribution in [1.82, 2.24) is 10.2 Å². The predicted molar refractivity (Wildman–Crippen MR) is 79.6 cm³/mol. The predicted octanol–water partition coefficient (Wildman–Crippen LogP) is 2.97. The molecule has 0 radical (unpaired) electrons. The highest BCUT2D eigenvalue weighted by Crippen LogP contribution is 2.23. The standard InChI is InChI=1S/C16H25FN2O/c1-4-19-9-5-6-14(19)11-18-12(2)13-7-8-15(17)16(10-13)20-3/h7-8,10,12,14,18H,4-6,9,11H2,1-3H3. The van der Waals surface area contributed by atoms with Gasteiger partial charge in [-0.05, 0) is 50.6 Å². The third-order valence-corrected chi connectivity index (χ3v) is 4.24. The Morgan fingerprint density at radius 3 is 3.00 bits per heavy atom. The van der Waals surface area contributed by atoms with Gasteiger partial charge in [-0.2, -0.15) is 0 Å². The van der Waals surface area contributed by atoms with Gasteiger partial charge < -0.3 is 10.1 Å². The van der Waals surface area contributed by atoms with Crippen LogP contribution in [0.2, 0.25) is 0 Å². The molecule has 1 aliphatic heterocycles. The fraction of sp³-hybridized carbons (Fsp3) is 0.625. The van der Waals surface area contributed by atoms with Gasteiger partial charge in [0.05, 0.1) is 7.11 Å². The second kappa shape index (κ2) is 7.04. The van der Waals surface area contributed by atoms with Crippen molar-refractivity contribution in [3.05, 3.63) is 29.6 Å². The lowest BCUT2D eigenvalue weighted by Crippen LogP contribution is -2.38. The fourth-order valence-corrected chi connectivity index (χ4v) is 2.92. The third kappa shape index (κ3) is 3.49. The summed E-state index contributed by atoms with van der Waals surface area (Å²) in [7, 11) is 1.50. The molecule has 20 heavy (non-hydrogen) atoms. The Morgan fingerprint density at radius 1 is 1.50 bits per heavy atom. The van der Waals surface area contributed by atoms with Gasteiger partial charge in [0.1, 0.15) is 0 Å². The lowest BCUT2D eigenvalue weighted by molar-refractivity contribution is 0.255. The Bertz CT molecular complexity index is 438. The molecule has 0 aromatic heterocycles. The number of hydrogen-bond acceptors (Lipinski definition) is 3. The average molecular weight is 280 g/mol. The van der Waals surface area contributed by atoms with Crippen molar-refractivity contribution in [1.29, 1.82) is 0 Å². The van der Waals surface area contributed by atoms with E-state index in [1.54, 1.807) is 6.07 Å². The minimum absolute atomic E-state index is 0.198. The molecule has 1 N–H and O–H groups in total. The second-order valence-electron chi connectivity index (χ2n) is 5.45. The van der Waals surface area contributed by atoms with Crippen LogP contribution in [0.5, 0.6) is 5.75 Å². The van der Waals surface area contributed by atoms with Gasteiger partial charge in [-0.3, -0.25) is 4.90 Å². The monoisotopic (exact) mass is 280 g/mol. The maximum atomic E-state index is 13.4. The molecular formula is C16H25FN2O.